The Balaban J connectivity index is 2.19. The third kappa shape index (κ3) is 3.16. The minimum atomic E-state index is -0.227. The molecular formula is C16H17BrFN. The van der Waals surface area contributed by atoms with Gasteiger partial charge in [-0.25, -0.2) is 4.39 Å². The smallest absolute Gasteiger partial charge is 0.137 e. The second-order valence-electron chi connectivity index (χ2n) is 4.79. The van der Waals surface area contributed by atoms with Gasteiger partial charge in [-0.1, -0.05) is 18.2 Å². The molecule has 19 heavy (non-hydrogen) atoms. The Morgan fingerprint density at radius 2 is 1.84 bits per heavy atom. The molecule has 1 N–H and O–H groups in total. The second-order valence-corrected chi connectivity index (χ2v) is 5.65. The molecule has 0 aromatic heterocycles. The van der Waals surface area contributed by atoms with Crippen LogP contribution in [0.3, 0.4) is 0 Å². The first-order chi connectivity index (χ1) is 8.99. The topological polar surface area (TPSA) is 12.0 Å². The third-order valence-electron chi connectivity index (χ3n) is 3.45. The highest BCUT2D eigenvalue weighted by Crippen LogP contribution is 2.25. The van der Waals surface area contributed by atoms with Gasteiger partial charge in [-0.05, 0) is 71.1 Å². The van der Waals surface area contributed by atoms with Crippen molar-refractivity contribution in [2.24, 2.45) is 0 Å². The Kier molecular flexibility index (Phi) is 4.25. The first-order valence-electron chi connectivity index (χ1n) is 6.23. The number of nitrogens with one attached hydrogen (secondary N) is 1. The summed E-state index contributed by atoms with van der Waals surface area (Å²) in [7, 11) is 0. The molecule has 0 saturated heterocycles. The molecule has 100 valence electrons. The summed E-state index contributed by atoms with van der Waals surface area (Å²) in [6.45, 7) is 6.88. The predicted molar refractivity (Wildman–Crippen MR) is 82.1 cm³/mol. The van der Waals surface area contributed by atoms with Crippen LogP contribution >= 0.6 is 15.9 Å². The molecule has 0 radical (unpaired) electrons. The Morgan fingerprint density at radius 3 is 2.58 bits per heavy atom. The Labute approximate surface area is 122 Å². The van der Waals surface area contributed by atoms with E-state index in [4.69, 9.17) is 0 Å². The largest absolute Gasteiger partial charge is 0.381 e. The van der Waals surface area contributed by atoms with Crippen LogP contribution in [0.5, 0.6) is 0 Å². The van der Waals surface area contributed by atoms with Crippen molar-refractivity contribution in [3.05, 3.63) is 62.9 Å². The van der Waals surface area contributed by atoms with Crippen LogP contribution in [0.15, 0.2) is 34.8 Å². The highest BCUT2D eigenvalue weighted by molar-refractivity contribution is 9.10. The molecule has 0 saturated carbocycles. The van der Waals surface area contributed by atoms with Crippen LogP contribution in [0.1, 0.15) is 22.3 Å². The van der Waals surface area contributed by atoms with Crippen molar-refractivity contribution in [3.63, 3.8) is 0 Å². The molecule has 0 amide bonds. The first kappa shape index (κ1) is 14.1. The Morgan fingerprint density at radius 1 is 1.11 bits per heavy atom. The van der Waals surface area contributed by atoms with E-state index in [1.807, 2.05) is 6.92 Å². The van der Waals surface area contributed by atoms with E-state index in [9.17, 15) is 4.39 Å². The third-order valence-corrected chi connectivity index (χ3v) is 4.06. The lowest BCUT2D eigenvalue weighted by Crippen LogP contribution is -2.04. The van der Waals surface area contributed by atoms with E-state index in [2.05, 4.69) is 53.3 Å². The van der Waals surface area contributed by atoms with Gasteiger partial charge in [0.15, 0.2) is 0 Å². The van der Waals surface area contributed by atoms with Crippen molar-refractivity contribution >= 4 is 21.6 Å². The van der Waals surface area contributed by atoms with Crippen LogP contribution < -0.4 is 5.32 Å². The number of benzene rings is 2. The Bertz CT molecular complexity index is 608. The molecule has 0 bridgehead atoms. The normalized spacial score (nSPS) is 10.6. The number of halogens is 2. The van der Waals surface area contributed by atoms with Gasteiger partial charge in [-0.3, -0.25) is 0 Å². The SMILES string of the molecule is Cc1cc(F)c(Br)cc1NCc1cccc(C)c1C. The zero-order valence-corrected chi connectivity index (χ0v) is 12.9. The number of rotatable bonds is 3. The van der Waals surface area contributed by atoms with Gasteiger partial charge in [0.05, 0.1) is 4.47 Å². The molecule has 2 rings (SSSR count). The van der Waals surface area contributed by atoms with Crippen LogP contribution in [-0.4, -0.2) is 0 Å². The van der Waals surface area contributed by atoms with E-state index >= 15 is 0 Å². The zero-order valence-electron chi connectivity index (χ0n) is 11.3. The molecule has 0 aliphatic carbocycles. The van der Waals surface area contributed by atoms with Crippen molar-refractivity contribution in [1.82, 2.24) is 0 Å². The average molecular weight is 322 g/mol. The molecule has 0 unspecified atom stereocenters. The molecule has 3 heteroatoms. The molecule has 0 aliphatic heterocycles. The van der Waals surface area contributed by atoms with Crippen molar-refractivity contribution in [1.29, 1.82) is 0 Å². The van der Waals surface area contributed by atoms with E-state index in [0.29, 0.717) is 4.47 Å². The lowest BCUT2D eigenvalue weighted by molar-refractivity contribution is 0.620. The lowest BCUT2D eigenvalue weighted by Gasteiger charge is -2.13. The van der Waals surface area contributed by atoms with Gasteiger partial charge in [0, 0.05) is 12.2 Å². The van der Waals surface area contributed by atoms with E-state index < -0.39 is 0 Å². The van der Waals surface area contributed by atoms with E-state index in [1.54, 1.807) is 6.07 Å². The lowest BCUT2D eigenvalue weighted by atomic mass is 10.0. The molecule has 0 heterocycles. The summed E-state index contributed by atoms with van der Waals surface area (Å²) in [5, 5.41) is 3.37. The second kappa shape index (κ2) is 5.74. The summed E-state index contributed by atoms with van der Waals surface area (Å²) < 4.78 is 13.9. The molecule has 0 spiro atoms. The number of anilines is 1. The fraction of sp³-hybridized carbons (Fsp3) is 0.250. The first-order valence-corrected chi connectivity index (χ1v) is 7.03. The van der Waals surface area contributed by atoms with Crippen molar-refractivity contribution < 1.29 is 4.39 Å². The predicted octanol–water partition coefficient (Wildman–Crippen LogP) is 5.13. The molecule has 1 nitrogen and oxygen atoms in total. The summed E-state index contributed by atoms with van der Waals surface area (Å²) in [6.07, 6.45) is 0. The van der Waals surface area contributed by atoms with Gasteiger partial charge in [-0.15, -0.1) is 0 Å². The average Bonchev–Trinajstić information content (AvgIpc) is 2.37. The van der Waals surface area contributed by atoms with Crippen LogP contribution in [0.4, 0.5) is 10.1 Å². The zero-order chi connectivity index (χ0) is 14.0. The molecular weight excluding hydrogens is 305 g/mol. The van der Waals surface area contributed by atoms with Crippen molar-refractivity contribution in [2.75, 3.05) is 5.32 Å². The minimum Gasteiger partial charge on any atom is -0.381 e. The molecule has 2 aromatic carbocycles. The van der Waals surface area contributed by atoms with Gasteiger partial charge < -0.3 is 5.32 Å². The highest BCUT2D eigenvalue weighted by Gasteiger charge is 2.06. The maximum absolute atomic E-state index is 13.4. The molecule has 0 fully saturated rings. The summed E-state index contributed by atoms with van der Waals surface area (Å²) in [5.41, 5.74) is 5.71. The quantitative estimate of drug-likeness (QED) is 0.826. The summed E-state index contributed by atoms with van der Waals surface area (Å²) in [4.78, 5) is 0. The van der Waals surface area contributed by atoms with E-state index in [1.165, 1.54) is 22.8 Å². The van der Waals surface area contributed by atoms with Crippen LogP contribution in [0.2, 0.25) is 0 Å². The minimum absolute atomic E-state index is 0.227. The van der Waals surface area contributed by atoms with Crippen LogP contribution in [0.25, 0.3) is 0 Å². The van der Waals surface area contributed by atoms with Crippen LogP contribution in [0, 0.1) is 26.6 Å². The number of hydrogen-bond donors (Lipinski definition) is 1. The highest BCUT2D eigenvalue weighted by atomic mass is 79.9. The maximum atomic E-state index is 13.4. The number of hydrogen-bond acceptors (Lipinski definition) is 1. The van der Waals surface area contributed by atoms with E-state index in [-0.39, 0.29) is 5.82 Å². The van der Waals surface area contributed by atoms with Gasteiger partial charge in [0.2, 0.25) is 0 Å². The summed E-state index contributed by atoms with van der Waals surface area (Å²) in [6, 6.07) is 9.61. The standard InChI is InChI=1S/C16H17BrFN/c1-10-5-4-6-13(12(10)3)9-19-16-8-14(17)15(18)7-11(16)2/h4-8,19H,9H2,1-3H3. The Hall–Kier alpha value is -1.35. The molecule has 0 aliphatic rings. The fourth-order valence-electron chi connectivity index (χ4n) is 2.03. The van der Waals surface area contributed by atoms with Gasteiger partial charge in [-0.2, -0.15) is 0 Å². The van der Waals surface area contributed by atoms with Crippen LogP contribution in [-0.2, 0) is 6.54 Å². The maximum Gasteiger partial charge on any atom is 0.137 e. The van der Waals surface area contributed by atoms with Crippen molar-refractivity contribution in [3.8, 4) is 0 Å². The monoisotopic (exact) mass is 321 g/mol. The van der Waals surface area contributed by atoms with Crippen molar-refractivity contribution in [2.45, 2.75) is 27.3 Å². The van der Waals surface area contributed by atoms with Gasteiger partial charge >= 0.3 is 0 Å². The van der Waals surface area contributed by atoms with Gasteiger partial charge in [0.25, 0.3) is 0 Å². The van der Waals surface area contributed by atoms with E-state index in [0.717, 1.165) is 17.8 Å². The summed E-state index contributed by atoms with van der Waals surface area (Å²) in [5.74, 6) is -0.227. The van der Waals surface area contributed by atoms with Gasteiger partial charge in [0.1, 0.15) is 5.82 Å². The molecule has 0 atom stereocenters. The fourth-order valence-corrected chi connectivity index (χ4v) is 2.37. The summed E-state index contributed by atoms with van der Waals surface area (Å²) >= 11 is 3.22. The number of aryl methyl sites for hydroxylation is 2. The molecule has 2 aromatic rings.